The minimum atomic E-state index is 0.801. The fourth-order valence-electron chi connectivity index (χ4n) is 2.42. The largest absolute Gasteiger partial charge is 0.313 e. The number of rotatable bonds is 2. The summed E-state index contributed by atoms with van der Waals surface area (Å²) in [4.78, 5) is 2.62. The van der Waals surface area contributed by atoms with Crippen LogP contribution in [0.3, 0.4) is 0 Å². The summed E-state index contributed by atoms with van der Waals surface area (Å²) in [5.41, 5.74) is 0. The van der Waals surface area contributed by atoms with Gasteiger partial charge in [0.1, 0.15) is 0 Å². The third kappa shape index (κ3) is 1.99. The van der Waals surface area contributed by atoms with E-state index in [1.807, 2.05) is 0 Å². The topological polar surface area (TPSA) is 15.3 Å². The normalized spacial score (nSPS) is 37.8. The molecule has 2 rings (SSSR count). The lowest BCUT2D eigenvalue weighted by Gasteiger charge is -2.19. The molecule has 1 N–H and O–H groups in total. The SMILES string of the molecule is CC1CCN(C[C@H]2CCCN2)C1. The molecule has 0 aromatic carbocycles. The third-order valence-corrected chi connectivity index (χ3v) is 3.15. The van der Waals surface area contributed by atoms with E-state index in [2.05, 4.69) is 17.1 Å². The summed E-state index contributed by atoms with van der Waals surface area (Å²) in [6, 6.07) is 0.801. The van der Waals surface area contributed by atoms with Gasteiger partial charge in [-0.3, -0.25) is 0 Å². The molecule has 2 aliphatic rings. The zero-order valence-electron chi connectivity index (χ0n) is 8.05. The maximum absolute atomic E-state index is 3.56. The fraction of sp³-hybridized carbons (Fsp3) is 1.00. The van der Waals surface area contributed by atoms with Crippen LogP contribution in [0.1, 0.15) is 26.2 Å². The van der Waals surface area contributed by atoms with Gasteiger partial charge in [0.25, 0.3) is 0 Å². The van der Waals surface area contributed by atoms with Crippen molar-refractivity contribution in [2.24, 2.45) is 5.92 Å². The Morgan fingerprint density at radius 1 is 1.42 bits per heavy atom. The van der Waals surface area contributed by atoms with Crippen LogP contribution in [-0.2, 0) is 0 Å². The smallest absolute Gasteiger partial charge is 0.0195 e. The molecular formula is C10H20N2. The Balaban J connectivity index is 1.72. The lowest BCUT2D eigenvalue weighted by atomic mass is 10.2. The van der Waals surface area contributed by atoms with Gasteiger partial charge >= 0.3 is 0 Å². The number of likely N-dealkylation sites (tertiary alicyclic amines) is 1. The molecule has 2 atom stereocenters. The van der Waals surface area contributed by atoms with Crippen LogP contribution < -0.4 is 5.32 Å². The van der Waals surface area contributed by atoms with Gasteiger partial charge < -0.3 is 10.2 Å². The molecule has 0 saturated carbocycles. The molecule has 0 aromatic heterocycles. The molecule has 0 radical (unpaired) electrons. The molecule has 2 heteroatoms. The minimum Gasteiger partial charge on any atom is -0.313 e. The van der Waals surface area contributed by atoms with E-state index >= 15 is 0 Å². The Hall–Kier alpha value is -0.0800. The Morgan fingerprint density at radius 3 is 2.92 bits per heavy atom. The average Bonchev–Trinajstić information content (AvgIpc) is 2.63. The molecule has 0 aromatic rings. The number of nitrogens with one attached hydrogen (secondary N) is 1. The van der Waals surface area contributed by atoms with Crippen LogP contribution in [0, 0.1) is 5.92 Å². The van der Waals surface area contributed by atoms with Gasteiger partial charge in [-0.2, -0.15) is 0 Å². The van der Waals surface area contributed by atoms with Gasteiger partial charge in [0.15, 0.2) is 0 Å². The summed E-state index contributed by atoms with van der Waals surface area (Å²) in [6.45, 7) is 7.57. The molecule has 2 saturated heterocycles. The minimum absolute atomic E-state index is 0.801. The molecule has 2 fully saturated rings. The van der Waals surface area contributed by atoms with E-state index < -0.39 is 0 Å². The fourth-order valence-corrected chi connectivity index (χ4v) is 2.42. The van der Waals surface area contributed by atoms with Crippen LogP contribution in [0.2, 0.25) is 0 Å². The van der Waals surface area contributed by atoms with Gasteiger partial charge in [0.2, 0.25) is 0 Å². The van der Waals surface area contributed by atoms with Crippen LogP contribution in [0.4, 0.5) is 0 Å². The van der Waals surface area contributed by atoms with Crippen molar-refractivity contribution in [3.63, 3.8) is 0 Å². The third-order valence-electron chi connectivity index (χ3n) is 3.15. The van der Waals surface area contributed by atoms with Crippen LogP contribution in [0.25, 0.3) is 0 Å². The second-order valence-corrected chi connectivity index (χ2v) is 4.45. The zero-order valence-corrected chi connectivity index (χ0v) is 8.05. The molecule has 0 spiro atoms. The molecule has 1 unspecified atom stereocenters. The van der Waals surface area contributed by atoms with Crippen molar-refractivity contribution in [3.8, 4) is 0 Å². The van der Waals surface area contributed by atoms with E-state index in [0.717, 1.165) is 12.0 Å². The molecule has 0 aliphatic carbocycles. The quantitative estimate of drug-likeness (QED) is 0.664. The van der Waals surface area contributed by atoms with Crippen molar-refractivity contribution in [2.45, 2.75) is 32.2 Å². The molecule has 2 heterocycles. The molecular weight excluding hydrogens is 148 g/mol. The Kier molecular flexibility index (Phi) is 2.66. The van der Waals surface area contributed by atoms with E-state index in [0.29, 0.717) is 0 Å². The molecule has 2 aliphatic heterocycles. The maximum Gasteiger partial charge on any atom is 0.0195 e. The standard InChI is InChI=1S/C10H20N2/c1-9-4-6-12(7-9)8-10-3-2-5-11-10/h9-11H,2-8H2,1H3/t9?,10-/m1/s1. The summed E-state index contributed by atoms with van der Waals surface area (Å²) in [5.74, 6) is 0.936. The summed E-state index contributed by atoms with van der Waals surface area (Å²) < 4.78 is 0. The number of hydrogen-bond acceptors (Lipinski definition) is 2. The summed E-state index contributed by atoms with van der Waals surface area (Å²) in [5, 5.41) is 3.56. The summed E-state index contributed by atoms with van der Waals surface area (Å²) in [6.07, 6.45) is 4.19. The highest BCUT2D eigenvalue weighted by Crippen LogP contribution is 2.16. The highest BCUT2D eigenvalue weighted by molar-refractivity contribution is 4.81. The second-order valence-electron chi connectivity index (χ2n) is 4.45. The molecule has 2 nitrogen and oxygen atoms in total. The van der Waals surface area contributed by atoms with Crippen LogP contribution >= 0.6 is 0 Å². The lowest BCUT2D eigenvalue weighted by Crippen LogP contribution is -2.36. The first-order valence-electron chi connectivity index (χ1n) is 5.30. The first kappa shape index (κ1) is 8.52. The van der Waals surface area contributed by atoms with Gasteiger partial charge in [-0.15, -0.1) is 0 Å². The van der Waals surface area contributed by atoms with Crippen LogP contribution in [0.5, 0.6) is 0 Å². The van der Waals surface area contributed by atoms with Gasteiger partial charge in [-0.05, 0) is 38.3 Å². The van der Waals surface area contributed by atoms with Crippen molar-refractivity contribution >= 4 is 0 Å². The summed E-state index contributed by atoms with van der Waals surface area (Å²) >= 11 is 0. The summed E-state index contributed by atoms with van der Waals surface area (Å²) in [7, 11) is 0. The van der Waals surface area contributed by atoms with Crippen molar-refractivity contribution in [1.29, 1.82) is 0 Å². The highest BCUT2D eigenvalue weighted by Gasteiger charge is 2.22. The highest BCUT2D eigenvalue weighted by atomic mass is 15.2. The van der Waals surface area contributed by atoms with Crippen LogP contribution in [-0.4, -0.2) is 37.1 Å². The zero-order chi connectivity index (χ0) is 8.39. The Bertz CT molecular complexity index is 141. The van der Waals surface area contributed by atoms with Gasteiger partial charge in [-0.25, -0.2) is 0 Å². The maximum atomic E-state index is 3.56. The van der Waals surface area contributed by atoms with E-state index in [1.165, 1.54) is 45.4 Å². The molecule has 0 bridgehead atoms. The van der Waals surface area contributed by atoms with E-state index in [-0.39, 0.29) is 0 Å². The molecule has 70 valence electrons. The van der Waals surface area contributed by atoms with Crippen LogP contribution in [0.15, 0.2) is 0 Å². The first-order valence-corrected chi connectivity index (χ1v) is 5.30. The molecule has 12 heavy (non-hydrogen) atoms. The van der Waals surface area contributed by atoms with Crippen molar-refractivity contribution in [3.05, 3.63) is 0 Å². The predicted molar refractivity (Wildman–Crippen MR) is 51.2 cm³/mol. The molecule has 0 amide bonds. The van der Waals surface area contributed by atoms with Crippen molar-refractivity contribution < 1.29 is 0 Å². The monoisotopic (exact) mass is 168 g/mol. The number of nitrogens with zero attached hydrogens (tertiary/aromatic N) is 1. The predicted octanol–water partition coefficient (Wildman–Crippen LogP) is 1.08. The van der Waals surface area contributed by atoms with Gasteiger partial charge in [0, 0.05) is 19.1 Å². The van der Waals surface area contributed by atoms with Crippen molar-refractivity contribution in [2.75, 3.05) is 26.2 Å². The average molecular weight is 168 g/mol. The second kappa shape index (κ2) is 3.75. The van der Waals surface area contributed by atoms with E-state index in [4.69, 9.17) is 0 Å². The Labute approximate surface area is 75.3 Å². The van der Waals surface area contributed by atoms with Gasteiger partial charge in [-0.1, -0.05) is 6.92 Å². The van der Waals surface area contributed by atoms with Gasteiger partial charge in [0.05, 0.1) is 0 Å². The first-order chi connectivity index (χ1) is 5.84. The lowest BCUT2D eigenvalue weighted by molar-refractivity contribution is 0.294. The number of hydrogen-bond donors (Lipinski definition) is 1. The van der Waals surface area contributed by atoms with E-state index in [9.17, 15) is 0 Å². The van der Waals surface area contributed by atoms with E-state index in [1.54, 1.807) is 0 Å². The van der Waals surface area contributed by atoms with Crippen molar-refractivity contribution in [1.82, 2.24) is 10.2 Å². The Morgan fingerprint density at radius 2 is 2.33 bits per heavy atom.